The van der Waals surface area contributed by atoms with Gasteiger partial charge in [0.15, 0.2) is 18.9 Å². The van der Waals surface area contributed by atoms with Gasteiger partial charge >= 0.3 is 23.9 Å². The second-order valence-corrected chi connectivity index (χ2v) is 40.9. The van der Waals surface area contributed by atoms with Crippen LogP contribution < -0.4 is 56.7 Å². The molecular formula is C101H158N11O27PS2. The zero-order valence-electron chi connectivity index (χ0n) is 85.4. The minimum absolute atomic E-state index is 0.0264. The number of nitrogens with one attached hydrogen (secondary N) is 9. The van der Waals surface area contributed by atoms with Gasteiger partial charge in [0, 0.05) is 152 Å². The Balaban J connectivity index is 1.15. The lowest BCUT2D eigenvalue weighted by molar-refractivity contribution is -0.244. The van der Waals surface area contributed by atoms with Gasteiger partial charge < -0.3 is 119 Å². The van der Waals surface area contributed by atoms with Crippen LogP contribution in [0, 0.1) is 35.5 Å². The van der Waals surface area contributed by atoms with Crippen LogP contribution in [0.2, 0.25) is 0 Å². The molecule has 17 unspecified atom stereocenters. The Morgan fingerprint density at radius 2 is 0.754 bits per heavy atom. The highest BCUT2D eigenvalue weighted by atomic mass is 32.9. The number of ether oxygens (including phenoxy) is 13. The summed E-state index contributed by atoms with van der Waals surface area (Å²) in [6.07, 6.45) is 1.18. The third kappa shape index (κ3) is 44.1. The minimum atomic E-state index is -1.65. The molecule has 3 aromatic rings. The SMILES string of the molecule is COc1ccc(C(OCC(OC(=O)CCC(=O)N[SH](=P)=S)C(=O)N(CCCCN(CCCNCCCCNC(=O)CCCCOC2OC(COC(C)=O)C(C)C(C)C2NC(C)=O)C(=O)CCCNC(=O)CCCCOC2OC(COC(C)=O)C(C)C(C)C2NC(C)=O)CCCNC(=O)CCCNC(=O)CCCCOC2OC(COC(C)=O)C(C)C(C)C2NC(C)=O)(c2ccccc2)c2ccc(OC)cc2)cc1. The summed E-state index contributed by atoms with van der Waals surface area (Å²) in [6, 6.07) is 22.5. The number of amides is 10. The van der Waals surface area contributed by atoms with Crippen molar-refractivity contribution in [2.75, 3.05) is 126 Å². The topological polar surface area (TPSA) is 474 Å². The van der Waals surface area contributed by atoms with Gasteiger partial charge in [-0.2, -0.15) is 0 Å². The van der Waals surface area contributed by atoms with Gasteiger partial charge in [0.05, 0.1) is 63.7 Å². The highest BCUT2D eigenvalue weighted by Crippen LogP contribution is 2.43. The van der Waals surface area contributed by atoms with E-state index < -0.39 is 125 Å². The van der Waals surface area contributed by atoms with Crippen molar-refractivity contribution in [2.45, 2.75) is 285 Å². The number of hydrogen-bond acceptors (Lipinski definition) is 29. The quantitative estimate of drug-likeness (QED) is 0.00639. The number of methoxy groups -OCH3 is 2. The predicted molar refractivity (Wildman–Crippen MR) is 537 cm³/mol. The fraction of sp³-hybridized carbons (Fsp3) is 0.683. The van der Waals surface area contributed by atoms with E-state index in [-0.39, 0.29) is 207 Å². The highest BCUT2D eigenvalue weighted by molar-refractivity contribution is 8.38. The third-order valence-electron chi connectivity index (χ3n) is 25.8. The Bertz CT molecular complexity index is 4430. The molecule has 0 spiro atoms. The van der Waals surface area contributed by atoms with Gasteiger partial charge in [0.25, 0.3) is 5.91 Å². The molecule has 3 aliphatic rings. The normalized spacial score (nSPS) is 21.4. The van der Waals surface area contributed by atoms with Gasteiger partial charge in [-0.15, -0.1) is 0 Å². The van der Waals surface area contributed by atoms with E-state index in [1.807, 2.05) is 96.1 Å². The number of carbonyl (C=O) groups is 14. The fourth-order valence-corrected chi connectivity index (χ4v) is 18.2. The lowest BCUT2D eigenvalue weighted by Gasteiger charge is -2.44. The van der Waals surface area contributed by atoms with Crippen molar-refractivity contribution >= 4 is 111 Å². The molecule has 0 saturated carbocycles. The molecule has 17 atom stereocenters. The molecule has 796 valence electrons. The minimum Gasteiger partial charge on any atom is -0.497 e. The van der Waals surface area contributed by atoms with E-state index in [0.717, 1.165) is 6.42 Å². The van der Waals surface area contributed by atoms with Crippen molar-refractivity contribution < 1.29 is 129 Å². The summed E-state index contributed by atoms with van der Waals surface area (Å²) >= 11 is 5.19. The fourth-order valence-electron chi connectivity index (χ4n) is 17.2. The highest BCUT2D eigenvalue weighted by Gasteiger charge is 2.47. The Kier molecular flexibility index (Phi) is 56.6. The molecule has 3 heterocycles. The summed E-state index contributed by atoms with van der Waals surface area (Å²) in [5.41, 5.74) is 0.367. The van der Waals surface area contributed by atoms with Crippen LogP contribution in [0.5, 0.6) is 11.5 Å². The lowest BCUT2D eigenvalue weighted by atomic mass is 9.80. The first-order valence-corrected chi connectivity index (χ1v) is 53.7. The second-order valence-electron chi connectivity index (χ2n) is 36.7. The van der Waals surface area contributed by atoms with Gasteiger partial charge in [0.2, 0.25) is 59.3 Å². The number of benzene rings is 3. The van der Waals surface area contributed by atoms with Gasteiger partial charge in [-0.3, -0.25) is 67.1 Å². The summed E-state index contributed by atoms with van der Waals surface area (Å²) in [4.78, 5) is 186. The first-order chi connectivity index (χ1) is 67.9. The molecule has 10 amide bonds. The smallest absolute Gasteiger partial charge is 0.307 e. The summed E-state index contributed by atoms with van der Waals surface area (Å²) in [5.74, 6) is -4.36. The van der Waals surface area contributed by atoms with E-state index >= 15 is 4.79 Å². The van der Waals surface area contributed by atoms with Crippen LogP contribution in [0.3, 0.4) is 0 Å². The molecule has 3 fully saturated rings. The number of unbranched alkanes of at least 4 members (excludes halogenated alkanes) is 5. The Hall–Kier alpha value is -9.61. The van der Waals surface area contributed by atoms with Crippen LogP contribution in [0.1, 0.15) is 235 Å². The first kappa shape index (κ1) is 121. The van der Waals surface area contributed by atoms with E-state index in [4.69, 9.17) is 72.8 Å². The largest absolute Gasteiger partial charge is 0.497 e. The molecule has 0 aliphatic carbocycles. The van der Waals surface area contributed by atoms with E-state index in [1.165, 1.54) is 41.5 Å². The number of thiol groups is 1. The lowest BCUT2D eigenvalue weighted by Crippen LogP contribution is -2.58. The van der Waals surface area contributed by atoms with E-state index in [0.29, 0.717) is 131 Å². The molecule has 6 rings (SSSR count). The Labute approximate surface area is 845 Å². The van der Waals surface area contributed by atoms with Gasteiger partial charge in [-0.25, -0.2) is 0 Å². The number of nitrogens with zero attached hydrogens (tertiary/aromatic N) is 2. The van der Waals surface area contributed by atoms with Crippen molar-refractivity contribution in [2.24, 2.45) is 35.5 Å². The molecule has 0 bridgehead atoms. The van der Waals surface area contributed by atoms with E-state index in [9.17, 15) is 62.3 Å². The molecule has 41 heteroatoms. The summed E-state index contributed by atoms with van der Waals surface area (Å²) in [5, 5.41) is 24.1. The van der Waals surface area contributed by atoms with Crippen LogP contribution in [-0.2, 0) is 145 Å². The van der Waals surface area contributed by atoms with Crippen molar-refractivity contribution in [3.63, 3.8) is 0 Å². The maximum Gasteiger partial charge on any atom is 0.307 e. The number of hydrogen-bond donors (Lipinski definition) is 10. The molecule has 0 radical (unpaired) electrons. The van der Waals surface area contributed by atoms with Crippen molar-refractivity contribution in [3.05, 3.63) is 95.6 Å². The monoisotopic (exact) mass is 2050 g/mol. The predicted octanol–water partition coefficient (Wildman–Crippen LogP) is 7.97. The summed E-state index contributed by atoms with van der Waals surface area (Å²) in [7, 11) is 4.88. The van der Waals surface area contributed by atoms with Crippen LogP contribution in [0.25, 0.3) is 0 Å². The van der Waals surface area contributed by atoms with E-state index in [2.05, 4.69) is 55.3 Å². The van der Waals surface area contributed by atoms with Gasteiger partial charge in [-0.05, 0) is 191 Å². The summed E-state index contributed by atoms with van der Waals surface area (Å²) < 4.78 is 80.1. The number of esters is 4. The zero-order valence-corrected chi connectivity index (χ0v) is 88.1. The molecule has 3 saturated heterocycles. The molecule has 3 aromatic carbocycles. The summed E-state index contributed by atoms with van der Waals surface area (Å²) in [6.45, 7) is 23.3. The van der Waals surface area contributed by atoms with Gasteiger partial charge in [0.1, 0.15) is 36.9 Å². The van der Waals surface area contributed by atoms with Crippen LogP contribution in [0.15, 0.2) is 78.9 Å². The maximum atomic E-state index is 15.9. The van der Waals surface area contributed by atoms with Crippen LogP contribution in [-0.4, -0.2) is 280 Å². The number of carbonyl (C=O) groups excluding carboxylic acids is 14. The molecule has 3 aliphatic heterocycles. The zero-order chi connectivity index (χ0) is 104. The average Bonchev–Trinajstić information content (AvgIpc) is 0.748. The third-order valence-corrected chi connectivity index (χ3v) is 26.8. The van der Waals surface area contributed by atoms with Gasteiger partial charge in [-0.1, -0.05) is 113 Å². The maximum absolute atomic E-state index is 15.9. The first-order valence-electron chi connectivity index (χ1n) is 50.0. The van der Waals surface area contributed by atoms with E-state index in [1.54, 1.807) is 48.3 Å². The van der Waals surface area contributed by atoms with Crippen LogP contribution in [0.4, 0.5) is 0 Å². The van der Waals surface area contributed by atoms with Crippen molar-refractivity contribution in [1.29, 1.82) is 0 Å². The second kappa shape index (κ2) is 66.4. The molecule has 38 nitrogen and oxygen atoms in total. The van der Waals surface area contributed by atoms with Crippen molar-refractivity contribution in [3.8, 4) is 11.5 Å². The van der Waals surface area contributed by atoms with Crippen molar-refractivity contribution in [1.82, 2.24) is 57.1 Å². The standard InChI is InChI=1S/C101H158N11O27PS2/c1-66-69(4)94(107-72(7)113)98(137-83(66)62-132-75(10)116)129-59-25-18-34-87(119)103-51-22-21-49-102-50-30-57-111(92(124)38-29-53-105-89(121)36-20-27-61-131-100-96(109-74(9)115)71(6)68(3)85(139-100)64-134-77(12)118)55-23-24-56-112(58-31-54-106-90(122)37-28-52-104-88(120)35-19-26-60-130-99-95(108-73(8)114)70(5)67(2)84(138-99)63-133-76(11)117)97(126)86(136-93(125)48-47-91(123)110-142(140)141)65-135-101(78-32-16-15-17-33-78,79-39-43-81(127-13)44-40-79)80-41-45-82(128-14)46-42-80/h15-17,32-33,39-46,66-71,83-86,94-96,98-100,102,140,142H,18-31,34-38,47-65H2,1-14H3,(H,103,119)(H,104,120)(H,105,121)(H,106,122)(H,107,113)(H,108,114)(H,109,115)(H,110,123,141). The number of rotatable bonds is 67. The average molecular weight is 2050 g/mol. The van der Waals surface area contributed by atoms with Crippen LogP contribution >= 0.6 is 8.02 Å². The Morgan fingerprint density at radius 1 is 0.401 bits per heavy atom. The Morgan fingerprint density at radius 3 is 1.15 bits per heavy atom. The molecule has 142 heavy (non-hydrogen) atoms. The molecule has 0 aromatic heterocycles. The molecular weight excluding hydrogens is 1890 g/mol. The molecule has 9 N–H and O–H groups in total.